The maximum Gasteiger partial charge on any atom is 0.253 e. The number of nitrogens with one attached hydrogen (secondary N) is 1. The van der Waals surface area contributed by atoms with Crippen LogP contribution in [-0.4, -0.2) is 42.1 Å². The fraction of sp³-hybridized carbons (Fsp3) is 0.300. The molecule has 130 valence electrons. The number of carbonyl (C=O) groups excluding carboxylic acids is 2. The zero-order valence-electron chi connectivity index (χ0n) is 14.3. The monoisotopic (exact) mass is 354 g/mol. The molecule has 0 aromatic heterocycles. The minimum absolute atomic E-state index is 0.0435. The fourth-order valence-corrected chi connectivity index (χ4v) is 3.41. The van der Waals surface area contributed by atoms with E-state index < -0.39 is 0 Å². The summed E-state index contributed by atoms with van der Waals surface area (Å²) in [7, 11) is 0. The Balaban J connectivity index is 1.52. The van der Waals surface area contributed by atoms with Crippen LogP contribution in [0.15, 0.2) is 59.5 Å². The van der Waals surface area contributed by atoms with E-state index in [0.717, 1.165) is 23.3 Å². The summed E-state index contributed by atoms with van der Waals surface area (Å²) in [5.74, 6) is 0.0264. The molecule has 4 nitrogen and oxygen atoms in total. The highest BCUT2D eigenvalue weighted by Crippen LogP contribution is 2.18. The van der Waals surface area contributed by atoms with E-state index in [1.54, 1.807) is 11.8 Å². The second kappa shape index (κ2) is 8.21. The third-order valence-corrected chi connectivity index (χ3v) is 5.23. The molecule has 1 N–H and O–H groups in total. The lowest BCUT2D eigenvalue weighted by Crippen LogP contribution is -2.46. The first-order chi connectivity index (χ1) is 12.2. The highest BCUT2D eigenvalue weighted by Gasteiger charge is 2.24. The molecule has 0 unspecified atom stereocenters. The van der Waals surface area contributed by atoms with Crippen LogP contribution >= 0.6 is 11.8 Å². The number of nitrogens with zero attached hydrogens (tertiary/aromatic N) is 1. The summed E-state index contributed by atoms with van der Waals surface area (Å²) in [6, 6.07) is 17.1. The molecule has 0 radical (unpaired) electrons. The highest BCUT2D eigenvalue weighted by atomic mass is 32.2. The maximum absolute atomic E-state index is 12.6. The lowest BCUT2D eigenvalue weighted by atomic mass is 10.0. The molecule has 2 aromatic carbocycles. The summed E-state index contributed by atoms with van der Waals surface area (Å²) in [5.41, 5.74) is 1.40. The van der Waals surface area contributed by atoms with Crippen LogP contribution in [0.1, 0.15) is 33.6 Å². The van der Waals surface area contributed by atoms with Crippen LogP contribution in [0.25, 0.3) is 0 Å². The zero-order chi connectivity index (χ0) is 17.6. The predicted molar refractivity (Wildman–Crippen MR) is 101 cm³/mol. The van der Waals surface area contributed by atoms with Crippen molar-refractivity contribution in [1.82, 2.24) is 10.2 Å². The van der Waals surface area contributed by atoms with Gasteiger partial charge in [-0.15, -0.1) is 11.8 Å². The Morgan fingerprint density at radius 3 is 2.20 bits per heavy atom. The fourth-order valence-electron chi connectivity index (χ4n) is 3.00. The van der Waals surface area contributed by atoms with Crippen molar-refractivity contribution in [3.63, 3.8) is 0 Å². The molecular formula is C20H22N2O2S. The number of rotatable bonds is 4. The Morgan fingerprint density at radius 2 is 1.60 bits per heavy atom. The number of piperidine rings is 1. The maximum atomic E-state index is 12.6. The number of thioether (sulfide) groups is 1. The van der Waals surface area contributed by atoms with E-state index in [2.05, 4.69) is 5.32 Å². The van der Waals surface area contributed by atoms with Gasteiger partial charge < -0.3 is 10.2 Å². The van der Waals surface area contributed by atoms with Gasteiger partial charge in [-0.1, -0.05) is 18.2 Å². The summed E-state index contributed by atoms with van der Waals surface area (Å²) < 4.78 is 0. The van der Waals surface area contributed by atoms with Crippen LogP contribution in [0, 0.1) is 0 Å². The lowest BCUT2D eigenvalue weighted by molar-refractivity contribution is 0.0698. The summed E-state index contributed by atoms with van der Waals surface area (Å²) in [5, 5.41) is 3.07. The molecule has 0 saturated carbocycles. The van der Waals surface area contributed by atoms with Crippen LogP contribution in [0.3, 0.4) is 0 Å². The van der Waals surface area contributed by atoms with Gasteiger partial charge in [0.1, 0.15) is 0 Å². The van der Waals surface area contributed by atoms with E-state index in [0.29, 0.717) is 18.7 Å². The van der Waals surface area contributed by atoms with E-state index in [4.69, 9.17) is 0 Å². The second-order valence-electron chi connectivity index (χ2n) is 6.13. The minimum Gasteiger partial charge on any atom is -0.349 e. The number of hydrogen-bond donors (Lipinski definition) is 1. The average Bonchev–Trinajstić information content (AvgIpc) is 2.69. The Hall–Kier alpha value is -2.27. The molecule has 1 saturated heterocycles. The first-order valence-electron chi connectivity index (χ1n) is 8.46. The van der Waals surface area contributed by atoms with Crippen molar-refractivity contribution in [1.29, 1.82) is 0 Å². The largest absolute Gasteiger partial charge is 0.349 e. The van der Waals surface area contributed by atoms with E-state index in [1.165, 1.54) is 0 Å². The molecular weight excluding hydrogens is 332 g/mol. The van der Waals surface area contributed by atoms with Crippen molar-refractivity contribution < 1.29 is 9.59 Å². The molecule has 1 aliphatic rings. The first kappa shape index (κ1) is 17.5. The van der Waals surface area contributed by atoms with Gasteiger partial charge in [0.25, 0.3) is 11.8 Å². The molecule has 5 heteroatoms. The highest BCUT2D eigenvalue weighted by molar-refractivity contribution is 7.98. The number of hydrogen-bond acceptors (Lipinski definition) is 3. The second-order valence-corrected chi connectivity index (χ2v) is 7.01. The molecule has 1 heterocycles. The first-order valence-corrected chi connectivity index (χ1v) is 9.69. The van der Waals surface area contributed by atoms with Crippen LogP contribution in [-0.2, 0) is 0 Å². The number of carbonyl (C=O) groups is 2. The van der Waals surface area contributed by atoms with E-state index >= 15 is 0 Å². The van der Waals surface area contributed by atoms with Crippen molar-refractivity contribution in [2.75, 3.05) is 19.3 Å². The van der Waals surface area contributed by atoms with Gasteiger partial charge in [-0.25, -0.2) is 0 Å². The Labute approximate surface area is 152 Å². The standard InChI is InChI=1S/C20H22N2O2S/c1-25-18-9-7-16(8-10-18)20(24)22-13-11-17(12-14-22)21-19(23)15-5-3-2-4-6-15/h2-10,17H,11-14H2,1H3,(H,21,23). The molecule has 3 rings (SSSR count). The molecule has 0 atom stereocenters. The summed E-state index contributed by atoms with van der Waals surface area (Å²) >= 11 is 1.66. The van der Waals surface area contributed by atoms with E-state index in [-0.39, 0.29) is 17.9 Å². The van der Waals surface area contributed by atoms with Crippen molar-refractivity contribution in [3.05, 3.63) is 65.7 Å². The van der Waals surface area contributed by atoms with Crippen molar-refractivity contribution in [2.45, 2.75) is 23.8 Å². The molecule has 0 spiro atoms. The molecule has 0 aliphatic carbocycles. The molecule has 0 bridgehead atoms. The summed E-state index contributed by atoms with van der Waals surface area (Å²) in [6.45, 7) is 1.34. The topological polar surface area (TPSA) is 49.4 Å². The SMILES string of the molecule is CSc1ccc(C(=O)N2CCC(NC(=O)c3ccccc3)CC2)cc1. The van der Waals surface area contributed by atoms with Gasteiger partial charge in [-0.05, 0) is 55.5 Å². The molecule has 1 fully saturated rings. The van der Waals surface area contributed by atoms with E-state index in [1.807, 2.05) is 65.8 Å². The Morgan fingerprint density at radius 1 is 0.960 bits per heavy atom. The lowest BCUT2D eigenvalue weighted by Gasteiger charge is -2.32. The predicted octanol–water partition coefficient (Wildman–Crippen LogP) is 3.44. The van der Waals surface area contributed by atoms with Gasteiger partial charge in [0.15, 0.2) is 0 Å². The number of amides is 2. The van der Waals surface area contributed by atoms with Crippen molar-refractivity contribution >= 4 is 23.6 Å². The van der Waals surface area contributed by atoms with Gasteiger partial charge in [0.05, 0.1) is 0 Å². The van der Waals surface area contributed by atoms with Crippen LogP contribution in [0.5, 0.6) is 0 Å². The van der Waals surface area contributed by atoms with Crippen LogP contribution in [0.2, 0.25) is 0 Å². The van der Waals surface area contributed by atoms with Gasteiger partial charge in [0.2, 0.25) is 0 Å². The molecule has 25 heavy (non-hydrogen) atoms. The van der Waals surface area contributed by atoms with Gasteiger partial charge >= 0.3 is 0 Å². The van der Waals surface area contributed by atoms with Crippen LogP contribution < -0.4 is 5.32 Å². The third-order valence-electron chi connectivity index (χ3n) is 4.49. The zero-order valence-corrected chi connectivity index (χ0v) is 15.1. The smallest absolute Gasteiger partial charge is 0.253 e. The van der Waals surface area contributed by atoms with Gasteiger partial charge in [0, 0.05) is 35.2 Å². The number of likely N-dealkylation sites (tertiary alicyclic amines) is 1. The Kier molecular flexibility index (Phi) is 5.76. The third kappa shape index (κ3) is 4.42. The van der Waals surface area contributed by atoms with Gasteiger partial charge in [-0.3, -0.25) is 9.59 Å². The summed E-state index contributed by atoms with van der Waals surface area (Å²) in [4.78, 5) is 27.8. The average molecular weight is 354 g/mol. The quantitative estimate of drug-likeness (QED) is 0.856. The summed E-state index contributed by atoms with van der Waals surface area (Å²) in [6.07, 6.45) is 3.59. The minimum atomic E-state index is -0.0435. The molecule has 2 amide bonds. The Bertz CT molecular complexity index is 723. The molecule has 2 aromatic rings. The molecule has 1 aliphatic heterocycles. The van der Waals surface area contributed by atoms with Crippen molar-refractivity contribution in [3.8, 4) is 0 Å². The van der Waals surface area contributed by atoms with Crippen LogP contribution in [0.4, 0.5) is 0 Å². The van der Waals surface area contributed by atoms with E-state index in [9.17, 15) is 9.59 Å². The van der Waals surface area contributed by atoms with Gasteiger partial charge in [-0.2, -0.15) is 0 Å². The van der Waals surface area contributed by atoms with Crippen molar-refractivity contribution in [2.24, 2.45) is 0 Å². The normalized spacial score (nSPS) is 15.0. The number of benzene rings is 2.